The lowest BCUT2D eigenvalue weighted by molar-refractivity contribution is 0.0992. The van der Waals surface area contributed by atoms with Crippen molar-refractivity contribution >= 4 is 84.1 Å². The minimum atomic E-state index is -0.629. The lowest BCUT2D eigenvalue weighted by atomic mass is 10.1. The van der Waals surface area contributed by atoms with Gasteiger partial charge in [-0.1, -0.05) is 0 Å². The van der Waals surface area contributed by atoms with E-state index in [9.17, 15) is 19.6 Å². The quantitative estimate of drug-likeness (QED) is 0.0533. The van der Waals surface area contributed by atoms with E-state index in [-0.39, 0.29) is 18.2 Å². The standard InChI is InChI=1S/C23H21N5O5S.C23H19N5O4S/c1-31-9-10-32-20-13-18-16(12-17(20)21(24)29)19(6-7-25-18)33-15-4-2-14(3-5-15)27-22(30)28-23-26-8-11-34-23;1-30-9-10-31-21-13-19-18(12-15(21)14-24)20(6-7-25-19)32-17-4-2-16(3-5-17)27-22(29)28-23-26-8-11-33-23/h2-8,11-13H,9-10H2,1H3,(H2,24,29)(H2,26,27,28,30);2-8,11-13H,9-10H2,1H3,(H2,26,27,28,29). The number of aromatic nitrogens is 4. The molecule has 0 aliphatic heterocycles. The minimum absolute atomic E-state index is 0.215. The summed E-state index contributed by atoms with van der Waals surface area (Å²) in [5.74, 6) is 2.26. The first-order valence-electron chi connectivity index (χ1n) is 20.0. The number of nitrogens with one attached hydrogen (secondary N) is 4. The Morgan fingerprint density at radius 3 is 1.51 bits per heavy atom. The highest BCUT2D eigenvalue weighted by Gasteiger charge is 2.16. The fourth-order valence-electron chi connectivity index (χ4n) is 6.02. The molecule has 0 fully saturated rings. The number of amides is 5. The van der Waals surface area contributed by atoms with Crippen molar-refractivity contribution in [3.63, 3.8) is 0 Å². The van der Waals surface area contributed by atoms with E-state index in [2.05, 4.69) is 47.3 Å². The van der Waals surface area contributed by atoms with E-state index in [1.54, 1.807) is 135 Å². The molecule has 0 bridgehead atoms. The van der Waals surface area contributed by atoms with Crippen LogP contribution in [0.3, 0.4) is 0 Å². The summed E-state index contributed by atoms with van der Waals surface area (Å²) >= 11 is 2.66. The summed E-state index contributed by atoms with van der Waals surface area (Å²) in [5.41, 5.74) is 8.54. The van der Waals surface area contributed by atoms with Crippen LogP contribution in [0.5, 0.6) is 34.5 Å². The van der Waals surface area contributed by atoms with Gasteiger partial charge in [0, 0.05) is 84.0 Å². The molecule has 0 atom stereocenters. The number of ether oxygens (including phenoxy) is 6. The highest BCUT2D eigenvalue weighted by molar-refractivity contribution is 7.14. The van der Waals surface area contributed by atoms with Crippen LogP contribution >= 0.6 is 22.7 Å². The number of carbonyl (C=O) groups is 3. The van der Waals surface area contributed by atoms with E-state index >= 15 is 0 Å². The van der Waals surface area contributed by atoms with Gasteiger partial charge in [0.1, 0.15) is 53.8 Å². The van der Waals surface area contributed by atoms with Crippen molar-refractivity contribution < 1.29 is 42.8 Å². The minimum Gasteiger partial charge on any atom is -0.490 e. The molecule has 4 aromatic carbocycles. The van der Waals surface area contributed by atoms with Crippen LogP contribution in [0.4, 0.5) is 31.2 Å². The summed E-state index contributed by atoms with van der Waals surface area (Å²) in [6.45, 7) is 1.37. The summed E-state index contributed by atoms with van der Waals surface area (Å²) in [4.78, 5) is 52.8. The molecule has 0 spiro atoms. The molecule has 21 heteroatoms. The van der Waals surface area contributed by atoms with Crippen LogP contribution in [0, 0.1) is 11.3 Å². The average molecular weight is 941 g/mol. The van der Waals surface area contributed by atoms with E-state index in [1.165, 1.54) is 22.7 Å². The predicted molar refractivity (Wildman–Crippen MR) is 254 cm³/mol. The summed E-state index contributed by atoms with van der Waals surface area (Å²) in [5, 5.41) is 26.1. The van der Waals surface area contributed by atoms with Crippen LogP contribution in [-0.2, 0) is 9.47 Å². The van der Waals surface area contributed by atoms with E-state index in [0.717, 1.165) is 0 Å². The fourth-order valence-corrected chi connectivity index (χ4v) is 7.07. The number of fused-ring (bicyclic) bond motifs is 2. The zero-order valence-electron chi connectivity index (χ0n) is 35.7. The van der Waals surface area contributed by atoms with Gasteiger partial charge in [-0.25, -0.2) is 19.6 Å². The largest absolute Gasteiger partial charge is 0.490 e. The Hall–Kier alpha value is -8.42. The Morgan fingerprint density at radius 2 is 1.06 bits per heavy atom. The second kappa shape index (κ2) is 23.0. The molecule has 0 aliphatic rings. The number of nitrogens with two attached hydrogens (primary N) is 1. The summed E-state index contributed by atoms with van der Waals surface area (Å²) in [7, 11) is 3.14. The molecule has 340 valence electrons. The van der Waals surface area contributed by atoms with Gasteiger partial charge in [-0.05, 0) is 72.8 Å². The number of benzene rings is 4. The molecule has 0 unspecified atom stereocenters. The number of nitriles is 1. The SMILES string of the molecule is COCCOc1cc2nccc(Oc3ccc(NC(=O)Nc4nccs4)cc3)c2cc1C#N.COCCOc1cc2nccc(Oc3ccc(NC(=O)Nc4nccs4)cc3)c2cc1C(N)=O. The van der Waals surface area contributed by atoms with Crippen molar-refractivity contribution in [2.24, 2.45) is 5.73 Å². The Bertz CT molecular complexity index is 2990. The molecule has 19 nitrogen and oxygen atoms in total. The van der Waals surface area contributed by atoms with Crippen molar-refractivity contribution in [3.8, 4) is 40.6 Å². The van der Waals surface area contributed by atoms with Crippen molar-refractivity contribution in [1.29, 1.82) is 5.26 Å². The molecule has 5 amide bonds. The highest BCUT2D eigenvalue weighted by atomic mass is 32.1. The molecule has 0 aliphatic carbocycles. The number of rotatable bonds is 17. The van der Waals surface area contributed by atoms with Gasteiger partial charge in [-0.15, -0.1) is 22.7 Å². The van der Waals surface area contributed by atoms with Crippen molar-refractivity contribution in [1.82, 2.24) is 19.9 Å². The first-order chi connectivity index (χ1) is 32.7. The van der Waals surface area contributed by atoms with Gasteiger partial charge in [0.05, 0.1) is 35.4 Å². The smallest absolute Gasteiger partial charge is 0.325 e. The second-order valence-electron chi connectivity index (χ2n) is 13.6. The van der Waals surface area contributed by atoms with Crippen molar-refractivity contribution in [2.75, 3.05) is 61.9 Å². The zero-order chi connectivity index (χ0) is 47.0. The third-order valence-corrected chi connectivity index (χ3v) is 10.4. The number of urea groups is 2. The number of pyridine rings is 2. The van der Waals surface area contributed by atoms with Crippen LogP contribution in [0.25, 0.3) is 21.8 Å². The molecule has 0 saturated carbocycles. The number of nitrogens with zero attached hydrogens (tertiary/aromatic N) is 5. The lowest BCUT2D eigenvalue weighted by Gasteiger charge is -2.13. The van der Waals surface area contributed by atoms with Crippen molar-refractivity contribution in [2.45, 2.75) is 0 Å². The molecule has 4 aromatic heterocycles. The Labute approximate surface area is 390 Å². The number of thiazole rings is 2. The van der Waals surface area contributed by atoms with Gasteiger partial charge in [-0.2, -0.15) is 5.26 Å². The Morgan fingerprint density at radius 1 is 0.582 bits per heavy atom. The third-order valence-electron chi connectivity index (χ3n) is 9.07. The van der Waals surface area contributed by atoms with Gasteiger partial charge >= 0.3 is 12.1 Å². The molecule has 0 radical (unpaired) electrons. The van der Waals surface area contributed by atoms with Crippen molar-refractivity contribution in [3.05, 3.63) is 132 Å². The summed E-state index contributed by atoms with van der Waals surface area (Å²) in [6, 6.07) is 25.2. The van der Waals surface area contributed by atoms with E-state index in [4.69, 9.17) is 34.2 Å². The van der Waals surface area contributed by atoms with Gasteiger partial charge < -0.3 is 44.8 Å². The monoisotopic (exact) mass is 940 g/mol. The first-order valence-corrected chi connectivity index (χ1v) is 21.7. The topological polar surface area (TPSA) is 256 Å². The normalized spacial score (nSPS) is 10.5. The van der Waals surface area contributed by atoms with Crippen LogP contribution in [-0.4, -0.2) is 78.6 Å². The summed E-state index contributed by atoms with van der Waals surface area (Å²) in [6.07, 6.45) is 6.45. The van der Waals surface area contributed by atoms with Gasteiger partial charge in [-0.3, -0.25) is 25.4 Å². The number of hydrogen-bond acceptors (Lipinski definition) is 16. The number of hydrogen-bond donors (Lipinski definition) is 5. The molecular weight excluding hydrogens is 901 g/mol. The Kier molecular flexibility index (Phi) is 16.0. The van der Waals surface area contributed by atoms with E-state index < -0.39 is 11.9 Å². The van der Waals surface area contributed by atoms with Gasteiger partial charge in [0.15, 0.2) is 10.3 Å². The molecule has 8 rings (SSSR count). The maximum atomic E-state index is 12.1. The van der Waals surface area contributed by atoms with Crippen LogP contribution in [0.1, 0.15) is 15.9 Å². The second-order valence-corrected chi connectivity index (χ2v) is 15.4. The van der Waals surface area contributed by atoms with Crippen LogP contribution in [0.2, 0.25) is 0 Å². The summed E-state index contributed by atoms with van der Waals surface area (Å²) < 4.78 is 33.3. The molecule has 8 aromatic rings. The molecule has 67 heavy (non-hydrogen) atoms. The first kappa shape index (κ1) is 46.6. The maximum absolute atomic E-state index is 12.1. The lowest BCUT2D eigenvalue weighted by Crippen LogP contribution is -2.19. The van der Waals surface area contributed by atoms with Gasteiger partial charge in [0.25, 0.3) is 5.91 Å². The third kappa shape index (κ3) is 12.9. The number of primary amides is 1. The van der Waals surface area contributed by atoms with Gasteiger partial charge in [0.2, 0.25) is 0 Å². The van der Waals surface area contributed by atoms with E-state index in [1.807, 2.05) is 0 Å². The maximum Gasteiger partial charge on any atom is 0.325 e. The zero-order valence-corrected chi connectivity index (χ0v) is 37.3. The molecule has 6 N–H and O–H groups in total. The van der Waals surface area contributed by atoms with E-state index in [0.29, 0.717) is 103 Å². The fraction of sp³-hybridized carbons (Fsp3) is 0.130. The number of anilines is 4. The predicted octanol–water partition coefficient (Wildman–Crippen LogP) is 9.28. The molecular formula is C46H40N10O9S2. The number of carbonyl (C=O) groups excluding carboxylic acids is 3. The highest BCUT2D eigenvalue weighted by Crippen LogP contribution is 2.35. The molecule has 0 saturated heterocycles. The average Bonchev–Trinajstić information content (AvgIpc) is 4.05. The van der Waals surface area contributed by atoms with Crippen LogP contribution in [0.15, 0.2) is 120 Å². The van der Waals surface area contributed by atoms with Crippen LogP contribution < -0.4 is 45.9 Å². The number of methoxy groups -OCH3 is 2. The Balaban J connectivity index is 0.000000199. The molecule has 4 heterocycles.